The first-order valence-electron chi connectivity index (χ1n) is 12.3. The molecule has 200 valence electrons. The smallest absolute Gasteiger partial charge is 0.268 e. The minimum Gasteiger partial charge on any atom is -0.383 e. The summed E-state index contributed by atoms with van der Waals surface area (Å²) in [5, 5.41) is 4.31. The summed E-state index contributed by atoms with van der Waals surface area (Å²) in [6, 6.07) is 18.8. The molecular weight excluding hydrogens is 531 g/mol. The van der Waals surface area contributed by atoms with E-state index in [1.54, 1.807) is 30.3 Å². The molecule has 0 saturated heterocycles. The number of rotatable bonds is 6. The van der Waals surface area contributed by atoms with Gasteiger partial charge in [-0.3, -0.25) is 4.79 Å². The Bertz CT molecular complexity index is 2040. The van der Waals surface area contributed by atoms with Crippen LogP contribution in [0.5, 0.6) is 0 Å². The van der Waals surface area contributed by atoms with Crippen molar-refractivity contribution in [3.63, 3.8) is 0 Å². The van der Waals surface area contributed by atoms with Crippen LogP contribution in [0.25, 0.3) is 27.8 Å². The maximum Gasteiger partial charge on any atom is 0.268 e. The molecule has 0 radical (unpaired) electrons. The van der Waals surface area contributed by atoms with Crippen molar-refractivity contribution < 1.29 is 17.6 Å². The van der Waals surface area contributed by atoms with E-state index in [4.69, 9.17) is 5.73 Å². The number of nitrogens with one attached hydrogen (secondary N) is 1. The van der Waals surface area contributed by atoms with E-state index in [0.717, 1.165) is 20.9 Å². The van der Waals surface area contributed by atoms with Crippen LogP contribution in [0.15, 0.2) is 90.1 Å². The summed E-state index contributed by atoms with van der Waals surface area (Å²) >= 11 is 0. The van der Waals surface area contributed by atoms with Gasteiger partial charge in [0, 0.05) is 11.8 Å². The lowest BCUT2D eigenvalue weighted by Gasteiger charge is -2.10. The van der Waals surface area contributed by atoms with Gasteiger partial charge in [0.2, 0.25) is 5.78 Å². The average molecular weight is 555 g/mol. The lowest BCUT2D eigenvalue weighted by molar-refractivity contribution is 0.103. The van der Waals surface area contributed by atoms with Crippen molar-refractivity contribution in [1.82, 2.24) is 23.7 Å². The summed E-state index contributed by atoms with van der Waals surface area (Å²) in [5.74, 6) is -0.363. The Morgan fingerprint density at radius 3 is 2.50 bits per heavy atom. The molecule has 0 fully saturated rings. The number of hydrogen-bond donors (Lipinski definition) is 2. The second-order valence-corrected chi connectivity index (χ2v) is 11.3. The number of benzene rings is 3. The normalized spacial score (nSPS) is 11.8. The molecule has 3 N–H and O–H groups in total. The van der Waals surface area contributed by atoms with E-state index in [1.807, 2.05) is 19.9 Å². The second-order valence-electron chi connectivity index (χ2n) is 9.45. The summed E-state index contributed by atoms with van der Waals surface area (Å²) in [6.45, 7) is 3.69. The van der Waals surface area contributed by atoms with Crippen molar-refractivity contribution in [2.24, 2.45) is 0 Å². The fraction of sp³-hybridized carbons (Fsp3) is 0.0690. The quantitative estimate of drug-likeness (QED) is 0.278. The van der Waals surface area contributed by atoms with E-state index in [9.17, 15) is 17.6 Å². The highest BCUT2D eigenvalue weighted by Gasteiger charge is 2.28. The van der Waals surface area contributed by atoms with Gasteiger partial charge < -0.3 is 10.7 Å². The SMILES string of the molecule is Cc1ccc(S(=O)(=O)n2cc(-c3cccc(F)c3)cc2C(=O)c2cnn(-c3ccc4[nH]c(C)nc4c3)c2N)cc1. The van der Waals surface area contributed by atoms with Gasteiger partial charge in [-0.25, -0.2) is 26.4 Å². The first kappa shape index (κ1) is 25.3. The van der Waals surface area contributed by atoms with Crippen LogP contribution in [-0.4, -0.2) is 37.9 Å². The molecule has 0 spiro atoms. The zero-order valence-electron chi connectivity index (χ0n) is 21.5. The van der Waals surface area contributed by atoms with Crippen molar-refractivity contribution in [1.29, 1.82) is 0 Å². The molecule has 0 saturated carbocycles. The molecule has 0 bridgehead atoms. The van der Waals surface area contributed by atoms with Gasteiger partial charge >= 0.3 is 0 Å². The average Bonchev–Trinajstić information content (AvgIpc) is 3.64. The van der Waals surface area contributed by atoms with Crippen LogP contribution in [-0.2, 0) is 10.0 Å². The minimum atomic E-state index is -4.19. The van der Waals surface area contributed by atoms with Gasteiger partial charge in [-0.1, -0.05) is 29.8 Å². The Hall–Kier alpha value is -5.03. The van der Waals surface area contributed by atoms with Gasteiger partial charge in [-0.05, 0) is 67.9 Å². The van der Waals surface area contributed by atoms with Gasteiger partial charge in [0.15, 0.2) is 0 Å². The first-order valence-corrected chi connectivity index (χ1v) is 13.7. The van der Waals surface area contributed by atoms with Crippen LogP contribution < -0.4 is 5.73 Å². The third-order valence-corrected chi connectivity index (χ3v) is 8.32. The van der Waals surface area contributed by atoms with Crippen molar-refractivity contribution in [2.75, 3.05) is 5.73 Å². The number of halogens is 1. The first-order chi connectivity index (χ1) is 19.1. The highest BCUT2D eigenvalue weighted by atomic mass is 32.2. The highest BCUT2D eigenvalue weighted by Crippen LogP contribution is 2.30. The fourth-order valence-electron chi connectivity index (χ4n) is 4.59. The van der Waals surface area contributed by atoms with Crippen LogP contribution in [0.4, 0.5) is 10.2 Å². The number of H-pyrrole nitrogens is 1. The number of nitrogen functional groups attached to an aromatic ring is 1. The number of fused-ring (bicyclic) bond motifs is 1. The molecule has 0 aliphatic heterocycles. The number of anilines is 1. The van der Waals surface area contributed by atoms with E-state index in [0.29, 0.717) is 22.3 Å². The van der Waals surface area contributed by atoms with Gasteiger partial charge in [0.05, 0.1) is 33.4 Å². The van der Waals surface area contributed by atoms with Gasteiger partial charge in [0.1, 0.15) is 23.2 Å². The molecule has 6 rings (SSSR count). The van der Waals surface area contributed by atoms with E-state index in [-0.39, 0.29) is 22.0 Å². The lowest BCUT2D eigenvalue weighted by Crippen LogP contribution is -2.19. The number of hydrogen-bond acceptors (Lipinski definition) is 6. The maximum absolute atomic E-state index is 14.0. The molecule has 6 aromatic rings. The number of carbonyl (C=O) groups excluding carboxylic acids is 1. The summed E-state index contributed by atoms with van der Waals surface area (Å²) < 4.78 is 43.8. The minimum absolute atomic E-state index is 0.000178. The van der Waals surface area contributed by atoms with Crippen LogP contribution in [0.2, 0.25) is 0 Å². The number of aromatic nitrogens is 5. The maximum atomic E-state index is 14.0. The Kier molecular flexibility index (Phi) is 5.88. The molecule has 3 heterocycles. The van der Waals surface area contributed by atoms with Crippen molar-refractivity contribution in [3.05, 3.63) is 114 Å². The van der Waals surface area contributed by atoms with Crippen LogP contribution in [0.1, 0.15) is 27.4 Å². The molecule has 40 heavy (non-hydrogen) atoms. The molecule has 0 aliphatic rings. The number of aryl methyl sites for hydroxylation is 2. The monoisotopic (exact) mass is 554 g/mol. The molecule has 0 atom stereocenters. The van der Waals surface area contributed by atoms with E-state index in [1.165, 1.54) is 53.5 Å². The summed E-state index contributed by atoms with van der Waals surface area (Å²) in [6.07, 6.45) is 2.61. The van der Waals surface area contributed by atoms with E-state index < -0.39 is 21.6 Å². The Labute approximate surface area is 228 Å². The van der Waals surface area contributed by atoms with Gasteiger partial charge in [-0.15, -0.1) is 0 Å². The molecular formula is C29H23FN6O3S. The van der Waals surface area contributed by atoms with E-state index >= 15 is 0 Å². The fourth-order valence-corrected chi connectivity index (χ4v) is 5.94. The van der Waals surface area contributed by atoms with Crippen molar-refractivity contribution in [2.45, 2.75) is 18.7 Å². The number of nitrogens with two attached hydrogens (primary N) is 1. The Morgan fingerprint density at radius 2 is 1.75 bits per heavy atom. The largest absolute Gasteiger partial charge is 0.383 e. The topological polar surface area (TPSA) is 129 Å². The van der Waals surface area contributed by atoms with Crippen molar-refractivity contribution in [3.8, 4) is 16.8 Å². The number of ketones is 1. The van der Waals surface area contributed by atoms with Crippen molar-refractivity contribution >= 4 is 32.7 Å². The zero-order valence-corrected chi connectivity index (χ0v) is 22.3. The molecule has 3 aromatic carbocycles. The third kappa shape index (κ3) is 4.26. The molecule has 0 unspecified atom stereocenters. The lowest BCUT2D eigenvalue weighted by atomic mass is 10.1. The number of nitrogens with zero attached hydrogens (tertiary/aromatic N) is 4. The highest BCUT2D eigenvalue weighted by molar-refractivity contribution is 7.90. The van der Waals surface area contributed by atoms with Crippen LogP contribution >= 0.6 is 0 Å². The Balaban J connectivity index is 1.48. The summed E-state index contributed by atoms with van der Waals surface area (Å²) in [5.41, 5.74) is 10.0. The number of imidazole rings is 1. The van der Waals surface area contributed by atoms with Gasteiger partial charge in [0.25, 0.3) is 10.0 Å². The van der Waals surface area contributed by atoms with Crippen LogP contribution in [0.3, 0.4) is 0 Å². The van der Waals surface area contributed by atoms with E-state index in [2.05, 4.69) is 15.1 Å². The predicted molar refractivity (Wildman–Crippen MR) is 149 cm³/mol. The summed E-state index contributed by atoms with van der Waals surface area (Å²) in [7, 11) is -4.19. The van der Waals surface area contributed by atoms with Gasteiger partial charge in [-0.2, -0.15) is 5.10 Å². The zero-order chi connectivity index (χ0) is 28.2. The molecule has 0 amide bonds. The number of carbonyl (C=O) groups is 1. The Morgan fingerprint density at radius 1 is 0.975 bits per heavy atom. The second kappa shape index (κ2) is 9.31. The standard InChI is InChI=1S/C29H23FN6O3S/c1-17-6-9-23(10-7-17)40(38,39)35-16-20(19-4-3-5-21(30)12-19)13-27(35)28(37)24-15-32-36(29(24)31)22-8-11-25-26(14-22)34-18(2)33-25/h3-16H,31H2,1-2H3,(H,33,34). The molecule has 9 nitrogen and oxygen atoms in total. The van der Waals surface area contributed by atoms with Crippen LogP contribution in [0, 0.1) is 19.7 Å². The third-order valence-electron chi connectivity index (χ3n) is 6.64. The molecule has 0 aliphatic carbocycles. The summed E-state index contributed by atoms with van der Waals surface area (Å²) in [4.78, 5) is 21.5. The molecule has 3 aromatic heterocycles. The molecule has 11 heteroatoms. The number of aromatic amines is 1. The predicted octanol–water partition coefficient (Wildman–Crippen LogP) is 5.02.